The van der Waals surface area contributed by atoms with Crippen LogP contribution in [0.3, 0.4) is 0 Å². The number of halogens is 2. The van der Waals surface area contributed by atoms with Gasteiger partial charge in [-0.3, -0.25) is 9.59 Å². The molecule has 3 N–H and O–H groups in total. The highest BCUT2D eigenvalue weighted by atomic mass is 35.5. The average molecular weight is 568 g/mol. The Morgan fingerprint density at radius 2 is 1.69 bits per heavy atom. The molecule has 1 aromatic heterocycles. The predicted octanol–water partition coefficient (Wildman–Crippen LogP) is 7.79. The van der Waals surface area contributed by atoms with Gasteiger partial charge in [0.1, 0.15) is 5.75 Å². The molecule has 0 fully saturated rings. The summed E-state index contributed by atoms with van der Waals surface area (Å²) in [5, 5.41) is 13.5. The molecule has 6 nitrogen and oxygen atoms in total. The number of carbonyl (C=O) groups is 2. The fraction of sp³-hybridized carbons (Fsp3) is 0.290. The lowest BCUT2D eigenvalue weighted by molar-refractivity contribution is -0.136. The summed E-state index contributed by atoms with van der Waals surface area (Å²) in [5.74, 6) is -0.355. The Bertz CT molecular complexity index is 1430. The monoisotopic (exact) mass is 566 g/mol. The first-order chi connectivity index (χ1) is 18.8. The molecule has 0 aliphatic heterocycles. The van der Waals surface area contributed by atoms with Crippen LogP contribution in [0.2, 0.25) is 10.0 Å². The van der Waals surface area contributed by atoms with Gasteiger partial charge in [-0.15, -0.1) is 0 Å². The van der Waals surface area contributed by atoms with E-state index in [0.29, 0.717) is 15.6 Å². The van der Waals surface area contributed by atoms with Gasteiger partial charge in [-0.05, 0) is 59.4 Å². The Labute approximate surface area is 238 Å². The molecule has 0 radical (unpaired) electrons. The number of carbonyl (C=O) groups excluding carboxylic acids is 1. The Morgan fingerprint density at radius 1 is 1.00 bits per heavy atom. The van der Waals surface area contributed by atoms with Gasteiger partial charge in [0.25, 0.3) is 5.91 Å². The van der Waals surface area contributed by atoms with Crippen molar-refractivity contribution in [1.82, 2.24) is 10.3 Å². The summed E-state index contributed by atoms with van der Waals surface area (Å²) < 4.78 is 5.42. The first-order valence-corrected chi connectivity index (χ1v) is 13.8. The molecule has 1 amide bonds. The van der Waals surface area contributed by atoms with Crippen LogP contribution in [0.5, 0.6) is 5.75 Å². The molecule has 0 aliphatic carbocycles. The standard InChI is InChI=1S/C31H32Cl2N2O4/c1-3-4-5-23(19-6-8-21(9-7-19)31(38)34-17-16-27(36)37)28(20-10-12-22(39-2)13-11-20)25-18-35-30-24(25)14-15-26(32)29(30)33/h6-15,18,23,28,35H,3-5,16-17H2,1-2H3,(H,34,38)(H,36,37). The molecule has 2 unspecified atom stereocenters. The van der Waals surface area contributed by atoms with Gasteiger partial charge in [0, 0.05) is 29.6 Å². The normalized spacial score (nSPS) is 12.7. The number of amides is 1. The Morgan fingerprint density at radius 3 is 2.33 bits per heavy atom. The first-order valence-electron chi connectivity index (χ1n) is 13.0. The minimum atomic E-state index is -0.949. The Kier molecular flexibility index (Phi) is 9.54. The van der Waals surface area contributed by atoms with E-state index in [-0.39, 0.29) is 30.7 Å². The third-order valence-corrected chi connectivity index (χ3v) is 7.89. The maximum atomic E-state index is 12.5. The molecule has 39 heavy (non-hydrogen) atoms. The lowest BCUT2D eigenvalue weighted by Gasteiger charge is -2.29. The molecule has 1 heterocycles. The topological polar surface area (TPSA) is 91.4 Å². The van der Waals surface area contributed by atoms with Crippen LogP contribution in [-0.4, -0.2) is 35.6 Å². The summed E-state index contributed by atoms with van der Waals surface area (Å²) >= 11 is 12.9. The first kappa shape index (κ1) is 28.5. The third kappa shape index (κ3) is 6.57. The van der Waals surface area contributed by atoms with E-state index in [1.807, 2.05) is 42.6 Å². The number of hydrogen-bond acceptors (Lipinski definition) is 3. The predicted molar refractivity (Wildman–Crippen MR) is 156 cm³/mol. The summed E-state index contributed by atoms with van der Waals surface area (Å²) in [7, 11) is 1.65. The van der Waals surface area contributed by atoms with Gasteiger partial charge < -0.3 is 20.1 Å². The van der Waals surface area contributed by atoms with E-state index in [4.69, 9.17) is 33.0 Å². The molecule has 4 rings (SSSR count). The Hall–Kier alpha value is -3.48. The second kappa shape index (κ2) is 13.0. The van der Waals surface area contributed by atoms with Crippen molar-refractivity contribution in [3.63, 3.8) is 0 Å². The molecular weight excluding hydrogens is 535 g/mol. The van der Waals surface area contributed by atoms with E-state index in [9.17, 15) is 9.59 Å². The fourth-order valence-electron chi connectivity index (χ4n) is 5.07. The lowest BCUT2D eigenvalue weighted by Crippen LogP contribution is -2.26. The van der Waals surface area contributed by atoms with E-state index in [2.05, 4.69) is 29.4 Å². The van der Waals surface area contributed by atoms with Crippen molar-refractivity contribution >= 4 is 46.0 Å². The van der Waals surface area contributed by atoms with Crippen LogP contribution in [0, 0.1) is 0 Å². The molecule has 0 saturated carbocycles. The highest BCUT2D eigenvalue weighted by Gasteiger charge is 2.29. The van der Waals surface area contributed by atoms with Crippen molar-refractivity contribution in [3.05, 3.63) is 99.2 Å². The molecule has 0 saturated heterocycles. The number of nitrogens with one attached hydrogen (secondary N) is 2. The zero-order chi connectivity index (χ0) is 27.9. The van der Waals surface area contributed by atoms with E-state index in [1.165, 1.54) is 0 Å². The smallest absolute Gasteiger partial charge is 0.305 e. The second-order valence-electron chi connectivity index (χ2n) is 9.55. The van der Waals surface area contributed by atoms with Gasteiger partial charge in [0.15, 0.2) is 0 Å². The van der Waals surface area contributed by atoms with Gasteiger partial charge >= 0.3 is 5.97 Å². The number of unbranched alkanes of at least 4 members (excludes halogenated alkanes) is 1. The number of benzene rings is 3. The van der Waals surface area contributed by atoms with Crippen LogP contribution < -0.4 is 10.1 Å². The summed E-state index contributed by atoms with van der Waals surface area (Å²) in [6.07, 6.45) is 4.91. The number of aromatic amines is 1. The molecule has 0 aliphatic rings. The molecule has 4 aromatic rings. The minimum Gasteiger partial charge on any atom is -0.497 e. The van der Waals surface area contributed by atoms with Crippen LogP contribution in [0.4, 0.5) is 0 Å². The second-order valence-corrected chi connectivity index (χ2v) is 10.3. The van der Waals surface area contributed by atoms with Gasteiger partial charge in [0.2, 0.25) is 0 Å². The zero-order valence-electron chi connectivity index (χ0n) is 22.0. The molecule has 3 aromatic carbocycles. The highest BCUT2D eigenvalue weighted by molar-refractivity contribution is 6.45. The third-order valence-electron chi connectivity index (χ3n) is 7.08. The van der Waals surface area contributed by atoms with Crippen LogP contribution in [0.1, 0.15) is 71.5 Å². The van der Waals surface area contributed by atoms with Crippen LogP contribution >= 0.6 is 23.2 Å². The van der Waals surface area contributed by atoms with Crippen molar-refractivity contribution in [3.8, 4) is 5.75 Å². The van der Waals surface area contributed by atoms with Crippen LogP contribution in [0.25, 0.3) is 10.9 Å². The number of hydrogen-bond donors (Lipinski definition) is 3. The number of H-pyrrole nitrogens is 1. The van der Waals surface area contributed by atoms with Gasteiger partial charge in [-0.2, -0.15) is 0 Å². The van der Waals surface area contributed by atoms with Crippen molar-refractivity contribution in [2.24, 2.45) is 0 Å². The van der Waals surface area contributed by atoms with Crippen molar-refractivity contribution in [2.75, 3.05) is 13.7 Å². The number of carboxylic acids is 1. The number of rotatable bonds is 12. The van der Waals surface area contributed by atoms with Crippen molar-refractivity contribution in [1.29, 1.82) is 0 Å². The maximum absolute atomic E-state index is 12.5. The van der Waals surface area contributed by atoms with E-state index < -0.39 is 5.97 Å². The lowest BCUT2D eigenvalue weighted by atomic mass is 9.74. The Balaban J connectivity index is 1.77. The van der Waals surface area contributed by atoms with Gasteiger partial charge in [-0.1, -0.05) is 73.3 Å². The largest absolute Gasteiger partial charge is 0.497 e. The maximum Gasteiger partial charge on any atom is 0.305 e. The summed E-state index contributed by atoms with van der Waals surface area (Å²) in [5.41, 5.74) is 4.67. The number of methoxy groups -OCH3 is 1. The number of aromatic nitrogens is 1. The summed E-state index contributed by atoms with van der Waals surface area (Å²) in [6.45, 7) is 2.26. The molecule has 0 bridgehead atoms. The molecule has 204 valence electrons. The zero-order valence-corrected chi connectivity index (χ0v) is 23.5. The van der Waals surface area contributed by atoms with Gasteiger partial charge in [0.05, 0.1) is 29.1 Å². The number of fused-ring (bicyclic) bond motifs is 1. The van der Waals surface area contributed by atoms with Crippen molar-refractivity contribution in [2.45, 2.75) is 44.4 Å². The van der Waals surface area contributed by atoms with Crippen LogP contribution in [-0.2, 0) is 4.79 Å². The SMILES string of the molecule is CCCCC(c1ccc(C(=O)NCCC(=O)O)cc1)C(c1ccc(OC)cc1)c1c[nH]c2c(Cl)c(Cl)ccc12. The molecule has 8 heteroatoms. The number of aliphatic carboxylic acids is 1. The van der Waals surface area contributed by atoms with Crippen LogP contribution in [0.15, 0.2) is 66.9 Å². The van der Waals surface area contributed by atoms with E-state index in [0.717, 1.165) is 52.6 Å². The summed E-state index contributed by atoms with van der Waals surface area (Å²) in [4.78, 5) is 26.7. The average Bonchev–Trinajstić information content (AvgIpc) is 3.37. The van der Waals surface area contributed by atoms with E-state index in [1.54, 1.807) is 19.2 Å². The minimum absolute atomic E-state index is 0.0105. The van der Waals surface area contributed by atoms with E-state index >= 15 is 0 Å². The summed E-state index contributed by atoms with van der Waals surface area (Å²) in [6, 6.07) is 19.6. The highest BCUT2D eigenvalue weighted by Crippen LogP contribution is 2.45. The molecule has 2 atom stereocenters. The number of ether oxygens (including phenoxy) is 1. The quantitative estimate of drug-likeness (QED) is 0.163. The molecule has 0 spiro atoms. The fourth-order valence-corrected chi connectivity index (χ4v) is 5.45. The van der Waals surface area contributed by atoms with Gasteiger partial charge in [-0.25, -0.2) is 0 Å². The number of carboxylic acid groups (broad SMARTS) is 1. The molecular formula is C31H32Cl2N2O4. The van der Waals surface area contributed by atoms with Crippen molar-refractivity contribution < 1.29 is 19.4 Å².